The summed E-state index contributed by atoms with van der Waals surface area (Å²) in [4.78, 5) is 11.1. The summed E-state index contributed by atoms with van der Waals surface area (Å²) < 4.78 is 6.92. The number of primary amides is 1. The van der Waals surface area contributed by atoms with Crippen LogP contribution < -0.4 is 15.0 Å². The van der Waals surface area contributed by atoms with Crippen LogP contribution in [0.1, 0.15) is 10.4 Å². The standard InChI is InChI=1S/C13H12N2O2/c1-17-12-6-4-11(5-7-12)15-8-2-3-10(9-15)13(14)16/h2-9H,1H3,(H-,14,16)/p+1. The predicted molar refractivity (Wildman–Crippen MR) is 63.0 cm³/mol. The summed E-state index contributed by atoms with van der Waals surface area (Å²) in [5, 5.41) is 0. The van der Waals surface area contributed by atoms with Crippen LogP contribution in [-0.4, -0.2) is 13.0 Å². The van der Waals surface area contributed by atoms with E-state index in [0.29, 0.717) is 5.56 Å². The van der Waals surface area contributed by atoms with Crippen molar-refractivity contribution in [3.63, 3.8) is 0 Å². The lowest BCUT2D eigenvalue weighted by Crippen LogP contribution is -2.31. The van der Waals surface area contributed by atoms with Crippen LogP contribution in [0.25, 0.3) is 5.69 Å². The van der Waals surface area contributed by atoms with Gasteiger partial charge >= 0.3 is 0 Å². The van der Waals surface area contributed by atoms with E-state index in [1.807, 2.05) is 35.0 Å². The number of hydrogen-bond donors (Lipinski definition) is 1. The quantitative estimate of drug-likeness (QED) is 0.800. The fourth-order valence-electron chi connectivity index (χ4n) is 1.54. The second-order valence-corrected chi connectivity index (χ2v) is 3.56. The van der Waals surface area contributed by atoms with Crippen LogP contribution >= 0.6 is 0 Å². The molecule has 1 aromatic heterocycles. The smallest absolute Gasteiger partial charge is 0.254 e. The Morgan fingerprint density at radius 2 is 1.94 bits per heavy atom. The van der Waals surface area contributed by atoms with E-state index in [9.17, 15) is 4.79 Å². The Kier molecular flexibility index (Phi) is 3.05. The number of methoxy groups -OCH3 is 1. The van der Waals surface area contributed by atoms with E-state index in [4.69, 9.17) is 10.5 Å². The number of nitrogens with zero attached hydrogens (tertiary/aromatic N) is 1. The Morgan fingerprint density at radius 3 is 2.53 bits per heavy atom. The Hall–Kier alpha value is -2.36. The molecule has 2 rings (SSSR count). The number of pyridine rings is 1. The molecule has 0 aliphatic rings. The number of benzene rings is 1. The molecule has 4 nitrogen and oxygen atoms in total. The van der Waals surface area contributed by atoms with Crippen LogP contribution in [0, 0.1) is 0 Å². The molecule has 0 fully saturated rings. The fraction of sp³-hybridized carbons (Fsp3) is 0.0769. The lowest BCUT2D eigenvalue weighted by atomic mass is 10.2. The maximum atomic E-state index is 11.1. The number of carbonyl (C=O) groups is 1. The minimum absolute atomic E-state index is 0.437. The largest absolute Gasteiger partial charge is 0.497 e. The van der Waals surface area contributed by atoms with Crippen molar-refractivity contribution < 1.29 is 14.1 Å². The molecule has 0 saturated heterocycles. The first-order valence-corrected chi connectivity index (χ1v) is 5.16. The molecule has 0 bridgehead atoms. The first kappa shape index (κ1) is 11.1. The number of ether oxygens (including phenoxy) is 1. The van der Waals surface area contributed by atoms with Crippen LogP contribution in [-0.2, 0) is 0 Å². The lowest BCUT2D eigenvalue weighted by molar-refractivity contribution is -0.595. The topological polar surface area (TPSA) is 56.2 Å². The third kappa shape index (κ3) is 2.42. The van der Waals surface area contributed by atoms with E-state index < -0.39 is 5.91 Å². The minimum Gasteiger partial charge on any atom is -0.497 e. The molecule has 0 spiro atoms. The highest BCUT2D eigenvalue weighted by molar-refractivity contribution is 5.92. The van der Waals surface area contributed by atoms with Crippen LogP contribution in [0.2, 0.25) is 0 Å². The number of hydrogen-bond acceptors (Lipinski definition) is 2. The average Bonchev–Trinajstić information content (AvgIpc) is 2.39. The van der Waals surface area contributed by atoms with Crippen molar-refractivity contribution in [2.75, 3.05) is 7.11 Å². The zero-order valence-corrected chi connectivity index (χ0v) is 9.46. The van der Waals surface area contributed by atoms with Crippen molar-refractivity contribution >= 4 is 5.91 Å². The summed E-state index contributed by atoms with van der Waals surface area (Å²) >= 11 is 0. The van der Waals surface area contributed by atoms with Crippen molar-refractivity contribution in [2.45, 2.75) is 0 Å². The van der Waals surface area contributed by atoms with Gasteiger partial charge in [0.05, 0.1) is 7.11 Å². The van der Waals surface area contributed by atoms with Gasteiger partial charge < -0.3 is 10.5 Å². The van der Waals surface area contributed by atoms with Gasteiger partial charge in [-0.25, -0.2) is 0 Å². The highest BCUT2D eigenvalue weighted by atomic mass is 16.5. The van der Waals surface area contributed by atoms with Crippen LogP contribution in [0.4, 0.5) is 0 Å². The van der Waals surface area contributed by atoms with Gasteiger partial charge in [0.15, 0.2) is 12.4 Å². The number of aromatic nitrogens is 1. The normalized spacial score (nSPS) is 9.94. The highest BCUT2D eigenvalue weighted by Crippen LogP contribution is 2.11. The average molecular weight is 229 g/mol. The molecule has 0 atom stereocenters. The highest BCUT2D eigenvalue weighted by Gasteiger charge is 2.09. The van der Waals surface area contributed by atoms with Crippen molar-refractivity contribution in [3.8, 4) is 11.4 Å². The molecule has 0 aliphatic carbocycles. The number of nitrogens with two attached hydrogens (primary N) is 1. The van der Waals surface area contributed by atoms with Crippen molar-refractivity contribution in [3.05, 3.63) is 54.4 Å². The van der Waals surface area contributed by atoms with E-state index in [0.717, 1.165) is 11.4 Å². The maximum absolute atomic E-state index is 11.1. The van der Waals surface area contributed by atoms with Gasteiger partial charge in [-0.15, -0.1) is 0 Å². The Bertz CT molecular complexity index is 535. The van der Waals surface area contributed by atoms with Crippen molar-refractivity contribution in [1.82, 2.24) is 0 Å². The third-order valence-electron chi connectivity index (χ3n) is 2.46. The molecule has 86 valence electrons. The molecule has 0 unspecified atom stereocenters. The van der Waals surface area contributed by atoms with Gasteiger partial charge in [0.2, 0.25) is 5.69 Å². The second-order valence-electron chi connectivity index (χ2n) is 3.56. The van der Waals surface area contributed by atoms with Gasteiger partial charge in [0, 0.05) is 18.2 Å². The monoisotopic (exact) mass is 229 g/mol. The van der Waals surface area contributed by atoms with E-state index in [1.165, 1.54) is 0 Å². The van der Waals surface area contributed by atoms with Gasteiger partial charge in [-0.2, -0.15) is 4.57 Å². The molecule has 4 heteroatoms. The van der Waals surface area contributed by atoms with Gasteiger partial charge in [-0.3, -0.25) is 4.79 Å². The summed E-state index contributed by atoms with van der Waals surface area (Å²) in [6, 6.07) is 11.0. The van der Waals surface area contributed by atoms with Crippen molar-refractivity contribution in [2.24, 2.45) is 5.73 Å². The summed E-state index contributed by atoms with van der Waals surface area (Å²) in [6.45, 7) is 0. The van der Waals surface area contributed by atoms with Gasteiger partial charge in [-0.05, 0) is 18.2 Å². The molecule has 0 radical (unpaired) electrons. The Labute approximate surface area is 99.3 Å². The molecular weight excluding hydrogens is 216 g/mol. The van der Waals surface area contributed by atoms with Crippen LogP contribution in [0.3, 0.4) is 0 Å². The third-order valence-corrected chi connectivity index (χ3v) is 2.46. The first-order valence-electron chi connectivity index (χ1n) is 5.16. The number of amides is 1. The Morgan fingerprint density at radius 1 is 1.24 bits per heavy atom. The number of rotatable bonds is 3. The minimum atomic E-state index is -0.437. The summed E-state index contributed by atoms with van der Waals surface area (Å²) in [5.74, 6) is 0.355. The summed E-state index contributed by atoms with van der Waals surface area (Å²) in [6.07, 6.45) is 3.55. The van der Waals surface area contributed by atoms with Gasteiger partial charge in [0.25, 0.3) is 5.91 Å². The molecular formula is C13H13N2O2+. The molecule has 1 amide bonds. The molecule has 0 saturated carbocycles. The fourth-order valence-corrected chi connectivity index (χ4v) is 1.54. The molecule has 1 heterocycles. The molecule has 1 aromatic carbocycles. The molecule has 2 aromatic rings. The van der Waals surface area contributed by atoms with E-state index >= 15 is 0 Å². The van der Waals surface area contributed by atoms with E-state index in [-0.39, 0.29) is 0 Å². The SMILES string of the molecule is COc1ccc(-[n+]2cccc(C(N)=O)c2)cc1. The Balaban J connectivity index is 2.38. The van der Waals surface area contributed by atoms with Crippen molar-refractivity contribution in [1.29, 1.82) is 0 Å². The summed E-state index contributed by atoms with van der Waals surface area (Å²) in [7, 11) is 1.62. The van der Waals surface area contributed by atoms with Gasteiger partial charge in [-0.1, -0.05) is 0 Å². The van der Waals surface area contributed by atoms with E-state index in [1.54, 1.807) is 25.4 Å². The summed E-state index contributed by atoms with van der Waals surface area (Å²) in [5.41, 5.74) is 6.65. The van der Waals surface area contributed by atoms with Crippen LogP contribution in [0.5, 0.6) is 5.75 Å². The zero-order valence-electron chi connectivity index (χ0n) is 9.46. The van der Waals surface area contributed by atoms with Gasteiger partial charge in [0.1, 0.15) is 11.3 Å². The molecule has 17 heavy (non-hydrogen) atoms. The second kappa shape index (κ2) is 4.65. The predicted octanol–water partition coefficient (Wildman–Crippen LogP) is 1.07. The lowest BCUT2D eigenvalue weighted by Gasteiger charge is -2.00. The molecule has 2 N–H and O–H groups in total. The number of carbonyl (C=O) groups excluding carboxylic acids is 1. The maximum Gasteiger partial charge on any atom is 0.254 e. The van der Waals surface area contributed by atoms with E-state index in [2.05, 4.69) is 0 Å². The van der Waals surface area contributed by atoms with Crippen LogP contribution in [0.15, 0.2) is 48.8 Å². The first-order chi connectivity index (χ1) is 8.20. The molecule has 0 aliphatic heterocycles. The zero-order chi connectivity index (χ0) is 12.3.